The van der Waals surface area contributed by atoms with Crippen molar-refractivity contribution < 1.29 is 9.90 Å². The van der Waals surface area contributed by atoms with Gasteiger partial charge in [0.1, 0.15) is 0 Å². The van der Waals surface area contributed by atoms with Crippen molar-refractivity contribution in [2.45, 2.75) is 19.8 Å². The molecule has 1 fully saturated rings. The number of nitrogens with zero attached hydrogens (tertiary/aromatic N) is 1. The summed E-state index contributed by atoms with van der Waals surface area (Å²) in [7, 11) is 0. The molecule has 1 aliphatic heterocycles. The van der Waals surface area contributed by atoms with Crippen LogP contribution >= 0.6 is 0 Å². The topological polar surface area (TPSA) is 40.5 Å². The molecule has 1 N–H and O–H groups in total. The first-order valence-electron chi connectivity index (χ1n) is 4.80. The van der Waals surface area contributed by atoms with Gasteiger partial charge in [-0.05, 0) is 31.8 Å². The minimum atomic E-state index is 0.0999. The molecule has 1 rings (SSSR count). The van der Waals surface area contributed by atoms with E-state index in [1.165, 1.54) is 0 Å². The Hall–Kier alpha value is -0.830. The van der Waals surface area contributed by atoms with E-state index in [1.807, 2.05) is 11.8 Å². The van der Waals surface area contributed by atoms with Crippen LogP contribution in [0.25, 0.3) is 0 Å². The van der Waals surface area contributed by atoms with Gasteiger partial charge in [-0.25, -0.2) is 0 Å². The maximum atomic E-state index is 11.4. The van der Waals surface area contributed by atoms with Gasteiger partial charge in [-0.2, -0.15) is 0 Å². The van der Waals surface area contributed by atoms with E-state index >= 15 is 0 Å². The molecule has 1 unspecified atom stereocenters. The number of likely N-dealkylation sites (tertiary alicyclic amines) is 1. The minimum absolute atomic E-state index is 0.0999. The first kappa shape index (κ1) is 10.3. The fraction of sp³-hybridized carbons (Fsp3) is 0.700. The quantitative estimate of drug-likeness (QED) is 0.657. The lowest BCUT2D eigenvalue weighted by atomic mass is 10.1. The second kappa shape index (κ2) is 5.02. The number of amides is 1. The van der Waals surface area contributed by atoms with Gasteiger partial charge in [-0.3, -0.25) is 4.79 Å². The van der Waals surface area contributed by atoms with E-state index < -0.39 is 0 Å². The van der Waals surface area contributed by atoms with Crippen LogP contribution in [0.4, 0.5) is 0 Å². The Morgan fingerprint density at radius 2 is 2.46 bits per heavy atom. The highest BCUT2D eigenvalue weighted by Gasteiger charge is 2.23. The molecule has 3 nitrogen and oxygen atoms in total. The molecule has 1 heterocycles. The van der Waals surface area contributed by atoms with E-state index in [-0.39, 0.29) is 12.5 Å². The second-order valence-corrected chi connectivity index (χ2v) is 3.45. The van der Waals surface area contributed by atoms with Gasteiger partial charge in [0, 0.05) is 19.7 Å². The molecule has 0 aliphatic carbocycles. The highest BCUT2D eigenvalue weighted by Crippen LogP contribution is 2.19. The van der Waals surface area contributed by atoms with Crippen LogP contribution in [0.15, 0.2) is 12.2 Å². The summed E-state index contributed by atoms with van der Waals surface area (Å²) in [6.07, 6.45) is 5.21. The number of allylic oxidation sites excluding steroid dienone is 1. The van der Waals surface area contributed by atoms with E-state index in [0.717, 1.165) is 25.9 Å². The zero-order valence-electron chi connectivity index (χ0n) is 8.07. The predicted octanol–water partition coefficient (Wildman–Crippen LogP) is 0.793. The van der Waals surface area contributed by atoms with Gasteiger partial charge in [0.25, 0.3) is 0 Å². The normalized spacial score (nSPS) is 22.9. The zero-order chi connectivity index (χ0) is 9.68. The lowest BCUT2D eigenvalue weighted by Gasteiger charge is -2.13. The molecular formula is C10H17NO2. The fourth-order valence-electron chi connectivity index (χ4n) is 1.70. The molecule has 0 aromatic carbocycles. The molecule has 0 saturated carbocycles. The largest absolute Gasteiger partial charge is 0.396 e. The van der Waals surface area contributed by atoms with E-state index in [4.69, 9.17) is 5.11 Å². The Bertz CT molecular complexity index is 201. The molecule has 74 valence electrons. The third-order valence-corrected chi connectivity index (χ3v) is 2.44. The van der Waals surface area contributed by atoms with E-state index in [2.05, 4.69) is 0 Å². The van der Waals surface area contributed by atoms with Gasteiger partial charge in [-0.15, -0.1) is 0 Å². The highest BCUT2D eigenvalue weighted by molar-refractivity contribution is 5.87. The monoisotopic (exact) mass is 183 g/mol. The summed E-state index contributed by atoms with van der Waals surface area (Å²) < 4.78 is 0. The van der Waals surface area contributed by atoms with Crippen LogP contribution in [0.3, 0.4) is 0 Å². The van der Waals surface area contributed by atoms with Gasteiger partial charge in [0.2, 0.25) is 5.91 Å². The molecule has 3 heteroatoms. The molecule has 0 bridgehead atoms. The molecule has 0 radical (unpaired) electrons. The maximum absolute atomic E-state index is 11.4. The standard InChI is InChI=1S/C10H17NO2/c1-2-3-10(13)11-6-4-9(8-11)5-7-12/h2-3,9,12H,4-8H2,1H3/b3-2+. The average molecular weight is 183 g/mol. The van der Waals surface area contributed by atoms with E-state index in [9.17, 15) is 4.79 Å². The van der Waals surface area contributed by atoms with Crippen molar-refractivity contribution >= 4 is 5.91 Å². The summed E-state index contributed by atoms with van der Waals surface area (Å²) >= 11 is 0. The van der Waals surface area contributed by atoms with Crippen LogP contribution in [0.2, 0.25) is 0 Å². The molecular weight excluding hydrogens is 166 g/mol. The Labute approximate surface area is 79.0 Å². The molecule has 1 saturated heterocycles. The summed E-state index contributed by atoms with van der Waals surface area (Å²) in [5.41, 5.74) is 0. The lowest BCUT2D eigenvalue weighted by Crippen LogP contribution is -2.26. The Balaban J connectivity index is 2.36. The fourth-order valence-corrected chi connectivity index (χ4v) is 1.70. The highest BCUT2D eigenvalue weighted by atomic mass is 16.3. The van der Waals surface area contributed by atoms with Crippen LogP contribution in [0, 0.1) is 5.92 Å². The van der Waals surface area contributed by atoms with Crippen LogP contribution in [-0.2, 0) is 4.79 Å². The smallest absolute Gasteiger partial charge is 0.246 e. The number of rotatable bonds is 3. The number of hydrogen-bond acceptors (Lipinski definition) is 2. The summed E-state index contributed by atoms with van der Waals surface area (Å²) in [6, 6.07) is 0. The number of hydrogen-bond donors (Lipinski definition) is 1. The van der Waals surface area contributed by atoms with Crippen molar-refractivity contribution in [1.82, 2.24) is 4.90 Å². The Morgan fingerprint density at radius 1 is 1.69 bits per heavy atom. The van der Waals surface area contributed by atoms with Crippen molar-refractivity contribution in [2.75, 3.05) is 19.7 Å². The summed E-state index contributed by atoms with van der Waals surface area (Å²) in [5, 5.41) is 8.74. The van der Waals surface area contributed by atoms with Crippen molar-refractivity contribution in [2.24, 2.45) is 5.92 Å². The molecule has 13 heavy (non-hydrogen) atoms. The molecule has 1 amide bonds. The molecule has 0 spiro atoms. The van der Waals surface area contributed by atoms with Crippen LogP contribution < -0.4 is 0 Å². The summed E-state index contributed by atoms with van der Waals surface area (Å²) in [6.45, 7) is 3.73. The number of carbonyl (C=O) groups excluding carboxylic acids is 1. The van der Waals surface area contributed by atoms with Crippen LogP contribution in [0.5, 0.6) is 0 Å². The first-order chi connectivity index (χ1) is 6.27. The molecule has 0 aromatic rings. The van der Waals surface area contributed by atoms with Gasteiger partial charge < -0.3 is 10.0 Å². The SMILES string of the molecule is C/C=C/C(=O)N1CCC(CCO)C1. The summed E-state index contributed by atoms with van der Waals surface area (Å²) in [5.74, 6) is 0.599. The predicted molar refractivity (Wildman–Crippen MR) is 51.2 cm³/mol. The third kappa shape index (κ3) is 2.84. The second-order valence-electron chi connectivity index (χ2n) is 3.45. The molecule has 1 aliphatic rings. The van der Waals surface area contributed by atoms with Gasteiger partial charge in [0.15, 0.2) is 0 Å². The van der Waals surface area contributed by atoms with Gasteiger partial charge >= 0.3 is 0 Å². The van der Waals surface area contributed by atoms with Crippen LogP contribution in [-0.4, -0.2) is 35.6 Å². The molecule has 1 atom stereocenters. The van der Waals surface area contributed by atoms with Crippen molar-refractivity contribution in [3.63, 3.8) is 0 Å². The minimum Gasteiger partial charge on any atom is -0.396 e. The molecule has 0 aromatic heterocycles. The number of aliphatic hydroxyl groups is 1. The third-order valence-electron chi connectivity index (χ3n) is 2.44. The Kier molecular flexibility index (Phi) is 3.96. The van der Waals surface area contributed by atoms with Gasteiger partial charge in [0.05, 0.1) is 0 Å². The van der Waals surface area contributed by atoms with E-state index in [0.29, 0.717) is 5.92 Å². The number of carbonyl (C=O) groups is 1. The average Bonchev–Trinajstić information content (AvgIpc) is 2.54. The Morgan fingerprint density at radius 3 is 3.08 bits per heavy atom. The summed E-state index contributed by atoms with van der Waals surface area (Å²) in [4.78, 5) is 13.2. The maximum Gasteiger partial charge on any atom is 0.246 e. The van der Waals surface area contributed by atoms with E-state index in [1.54, 1.807) is 12.2 Å². The van der Waals surface area contributed by atoms with Crippen molar-refractivity contribution in [3.05, 3.63) is 12.2 Å². The first-order valence-corrected chi connectivity index (χ1v) is 4.80. The zero-order valence-corrected chi connectivity index (χ0v) is 8.07. The lowest BCUT2D eigenvalue weighted by molar-refractivity contribution is -0.125. The van der Waals surface area contributed by atoms with Gasteiger partial charge in [-0.1, -0.05) is 6.08 Å². The van der Waals surface area contributed by atoms with Crippen LogP contribution in [0.1, 0.15) is 19.8 Å². The van der Waals surface area contributed by atoms with Crippen molar-refractivity contribution in [1.29, 1.82) is 0 Å². The number of aliphatic hydroxyl groups excluding tert-OH is 1. The van der Waals surface area contributed by atoms with Crippen molar-refractivity contribution in [3.8, 4) is 0 Å².